The molecule has 0 aromatic carbocycles. The van der Waals surface area contributed by atoms with E-state index < -0.39 is 18.6 Å². The van der Waals surface area contributed by atoms with E-state index in [1.54, 1.807) is 25.5 Å². The van der Waals surface area contributed by atoms with Crippen LogP contribution in [0.15, 0.2) is 24.7 Å². The summed E-state index contributed by atoms with van der Waals surface area (Å²) in [6.45, 7) is 3.08. The maximum absolute atomic E-state index is 13.0. The third kappa shape index (κ3) is 3.26. The summed E-state index contributed by atoms with van der Waals surface area (Å²) in [6.07, 6.45) is 4.03. The summed E-state index contributed by atoms with van der Waals surface area (Å²) in [5.74, 6) is 0.999. The molecule has 8 nitrogen and oxygen atoms in total. The van der Waals surface area contributed by atoms with E-state index in [1.165, 1.54) is 4.57 Å². The Balaban J connectivity index is 1.48. The van der Waals surface area contributed by atoms with Crippen LogP contribution in [0.3, 0.4) is 0 Å². The molecule has 156 valence electrons. The number of nitrogens with one attached hydrogen (secondary N) is 2. The average Bonchev–Trinajstić information content (AvgIpc) is 3.20. The average molecular weight is 413 g/mol. The van der Waals surface area contributed by atoms with Gasteiger partial charge in [-0.15, -0.1) is 0 Å². The van der Waals surface area contributed by atoms with Crippen LogP contribution in [0.5, 0.6) is 0 Å². The van der Waals surface area contributed by atoms with Crippen molar-refractivity contribution in [1.82, 2.24) is 29.5 Å². The molecular weight excluding hydrogens is 392 g/mol. The zero-order valence-corrected chi connectivity index (χ0v) is 16.5. The Morgan fingerprint density at radius 3 is 2.83 bits per heavy atom. The zero-order chi connectivity index (χ0) is 21.0. The van der Waals surface area contributed by atoms with E-state index in [2.05, 4.69) is 30.2 Å². The molecule has 0 aliphatic heterocycles. The number of alkyl halides is 2. The highest BCUT2D eigenvalue weighted by Gasteiger charge is 2.38. The Hall–Kier alpha value is -3.14. The van der Waals surface area contributed by atoms with Gasteiger partial charge in [-0.3, -0.25) is 0 Å². The number of hydrogen-bond donors (Lipinski definition) is 3. The Bertz CT molecular complexity index is 1240. The fraction of sp³-hybridized carbons (Fsp3) is 0.400. The molecule has 0 unspecified atom stereocenters. The van der Waals surface area contributed by atoms with Gasteiger partial charge in [0, 0.05) is 41.1 Å². The molecule has 0 amide bonds. The van der Waals surface area contributed by atoms with Crippen LogP contribution >= 0.6 is 0 Å². The van der Waals surface area contributed by atoms with Crippen LogP contribution in [0.25, 0.3) is 33.3 Å². The lowest BCUT2D eigenvalue weighted by atomic mass is 9.77. The van der Waals surface area contributed by atoms with Crippen molar-refractivity contribution < 1.29 is 13.9 Å². The molecule has 0 radical (unpaired) electrons. The molecular formula is C20H21F2N7O. The van der Waals surface area contributed by atoms with Crippen LogP contribution in [0.2, 0.25) is 0 Å². The highest BCUT2D eigenvalue weighted by atomic mass is 19.3. The summed E-state index contributed by atoms with van der Waals surface area (Å²) < 4.78 is 27.4. The first-order valence-electron chi connectivity index (χ1n) is 9.73. The molecule has 4 aromatic rings. The SMILES string of the molecule is Cc1nc2ncc(-c3c[nH]c4nc(N[C@H]5C[C@@](C)(O)C5)ncc34)cc2n1CC(F)F. The normalized spacial score (nSPS) is 21.5. The predicted molar refractivity (Wildman–Crippen MR) is 108 cm³/mol. The monoisotopic (exact) mass is 413 g/mol. The van der Waals surface area contributed by atoms with Gasteiger partial charge in [-0.05, 0) is 32.8 Å². The molecule has 1 aliphatic carbocycles. The lowest BCUT2D eigenvalue weighted by Crippen LogP contribution is -2.48. The molecule has 1 saturated carbocycles. The van der Waals surface area contributed by atoms with Crippen molar-refractivity contribution in [3.63, 3.8) is 0 Å². The first kappa shape index (κ1) is 18.9. The van der Waals surface area contributed by atoms with Gasteiger partial charge in [0.1, 0.15) is 11.5 Å². The number of aromatic amines is 1. The van der Waals surface area contributed by atoms with Gasteiger partial charge in [-0.2, -0.15) is 4.98 Å². The minimum absolute atomic E-state index is 0.150. The van der Waals surface area contributed by atoms with Crippen molar-refractivity contribution in [1.29, 1.82) is 0 Å². The third-order valence-corrected chi connectivity index (χ3v) is 5.57. The number of aryl methyl sites for hydroxylation is 1. The highest BCUT2D eigenvalue weighted by molar-refractivity contribution is 5.95. The van der Waals surface area contributed by atoms with Crippen molar-refractivity contribution in [2.75, 3.05) is 5.32 Å². The number of H-pyrrole nitrogens is 1. The molecule has 5 rings (SSSR count). The number of imidazole rings is 1. The molecule has 0 atom stereocenters. The maximum atomic E-state index is 13.0. The first-order chi connectivity index (χ1) is 14.3. The molecule has 3 N–H and O–H groups in total. The lowest BCUT2D eigenvalue weighted by Gasteiger charge is -2.41. The predicted octanol–water partition coefficient (Wildman–Crippen LogP) is 3.27. The number of pyridine rings is 1. The van der Waals surface area contributed by atoms with Crippen molar-refractivity contribution in [3.05, 3.63) is 30.5 Å². The van der Waals surface area contributed by atoms with Gasteiger partial charge in [0.2, 0.25) is 5.95 Å². The summed E-state index contributed by atoms with van der Waals surface area (Å²) >= 11 is 0. The second-order valence-electron chi connectivity index (χ2n) is 8.13. The van der Waals surface area contributed by atoms with Gasteiger partial charge in [0.05, 0.1) is 17.7 Å². The van der Waals surface area contributed by atoms with Gasteiger partial charge < -0.3 is 20.0 Å². The van der Waals surface area contributed by atoms with Crippen molar-refractivity contribution in [2.45, 2.75) is 51.3 Å². The van der Waals surface area contributed by atoms with E-state index >= 15 is 0 Å². The Morgan fingerprint density at radius 2 is 2.10 bits per heavy atom. The molecule has 0 bridgehead atoms. The van der Waals surface area contributed by atoms with Gasteiger partial charge in [0.15, 0.2) is 5.65 Å². The molecule has 30 heavy (non-hydrogen) atoms. The molecule has 0 spiro atoms. The number of anilines is 1. The quantitative estimate of drug-likeness (QED) is 0.464. The molecule has 4 heterocycles. The molecule has 4 aromatic heterocycles. The number of hydrogen-bond acceptors (Lipinski definition) is 6. The Kier molecular flexibility index (Phi) is 4.21. The van der Waals surface area contributed by atoms with E-state index in [0.29, 0.717) is 41.4 Å². The summed E-state index contributed by atoms with van der Waals surface area (Å²) in [6, 6.07) is 1.97. The van der Waals surface area contributed by atoms with E-state index in [-0.39, 0.29) is 6.04 Å². The van der Waals surface area contributed by atoms with E-state index in [0.717, 1.165) is 16.5 Å². The van der Waals surface area contributed by atoms with Crippen LogP contribution in [-0.4, -0.2) is 52.7 Å². The fourth-order valence-corrected chi connectivity index (χ4v) is 4.14. The van der Waals surface area contributed by atoms with E-state index in [1.807, 2.05) is 13.0 Å². The van der Waals surface area contributed by atoms with Crippen LogP contribution in [-0.2, 0) is 6.54 Å². The van der Waals surface area contributed by atoms with E-state index in [4.69, 9.17) is 0 Å². The summed E-state index contributed by atoms with van der Waals surface area (Å²) in [5, 5.41) is 13.9. The second-order valence-corrected chi connectivity index (χ2v) is 8.13. The first-order valence-corrected chi connectivity index (χ1v) is 9.73. The third-order valence-electron chi connectivity index (χ3n) is 5.57. The fourth-order valence-electron chi connectivity index (χ4n) is 4.14. The van der Waals surface area contributed by atoms with Gasteiger partial charge in [-0.1, -0.05) is 0 Å². The summed E-state index contributed by atoms with van der Waals surface area (Å²) in [5.41, 5.74) is 2.64. The highest BCUT2D eigenvalue weighted by Crippen LogP contribution is 2.34. The molecule has 10 heteroatoms. The minimum Gasteiger partial charge on any atom is -0.390 e. The van der Waals surface area contributed by atoms with E-state index in [9.17, 15) is 13.9 Å². The number of halogens is 2. The number of aromatic nitrogens is 6. The van der Waals surface area contributed by atoms with Crippen molar-refractivity contribution in [3.8, 4) is 11.1 Å². The number of rotatable bonds is 5. The maximum Gasteiger partial charge on any atom is 0.256 e. The smallest absolute Gasteiger partial charge is 0.256 e. The second kappa shape index (κ2) is 6.69. The molecule has 1 aliphatic rings. The summed E-state index contributed by atoms with van der Waals surface area (Å²) in [7, 11) is 0. The zero-order valence-electron chi connectivity index (χ0n) is 16.5. The number of aliphatic hydroxyl groups is 1. The van der Waals surface area contributed by atoms with Crippen LogP contribution in [0.1, 0.15) is 25.6 Å². The largest absolute Gasteiger partial charge is 0.390 e. The Labute approximate surface area is 170 Å². The standard InChI is InChI=1S/C20H21F2N7O/c1-10-26-18-15(29(10)9-16(21)22)3-11(6-23-18)13-7-24-17-14(13)8-25-19(28-17)27-12-4-20(2,30)5-12/h3,6-8,12,16,30H,4-5,9H2,1-2H3,(H2,24,25,27,28)/t12-,20+. The van der Waals surface area contributed by atoms with Gasteiger partial charge >= 0.3 is 0 Å². The van der Waals surface area contributed by atoms with Crippen LogP contribution < -0.4 is 5.32 Å². The van der Waals surface area contributed by atoms with Crippen molar-refractivity contribution >= 4 is 28.1 Å². The topological polar surface area (TPSA) is 105 Å². The van der Waals surface area contributed by atoms with Crippen molar-refractivity contribution in [2.24, 2.45) is 0 Å². The minimum atomic E-state index is -2.48. The summed E-state index contributed by atoms with van der Waals surface area (Å²) in [4.78, 5) is 20.7. The van der Waals surface area contributed by atoms with Gasteiger partial charge in [0.25, 0.3) is 6.43 Å². The van der Waals surface area contributed by atoms with Gasteiger partial charge in [-0.25, -0.2) is 23.7 Å². The van der Waals surface area contributed by atoms with Crippen LogP contribution in [0.4, 0.5) is 14.7 Å². The number of fused-ring (bicyclic) bond motifs is 2. The Morgan fingerprint density at radius 1 is 1.30 bits per heavy atom. The molecule has 0 saturated heterocycles. The molecule has 1 fully saturated rings. The van der Waals surface area contributed by atoms with Crippen LogP contribution in [0, 0.1) is 6.92 Å². The lowest BCUT2D eigenvalue weighted by molar-refractivity contribution is -0.0235. The number of nitrogens with zero attached hydrogens (tertiary/aromatic N) is 5.